The Hall–Kier alpha value is -2.45. The zero-order valence-corrected chi connectivity index (χ0v) is 16.9. The smallest absolute Gasteiger partial charge is 0.211 e. The van der Waals surface area contributed by atoms with E-state index in [1.54, 1.807) is 30.1 Å². The summed E-state index contributed by atoms with van der Waals surface area (Å²) < 4.78 is 40.2. The van der Waals surface area contributed by atoms with Gasteiger partial charge in [-0.25, -0.2) is 21.8 Å². The van der Waals surface area contributed by atoms with Gasteiger partial charge in [0.1, 0.15) is 5.82 Å². The molecule has 1 atom stereocenters. The van der Waals surface area contributed by atoms with E-state index in [0.717, 1.165) is 40.8 Å². The first kappa shape index (κ1) is 18.9. The molecule has 2 heterocycles. The van der Waals surface area contributed by atoms with Crippen molar-refractivity contribution in [2.24, 2.45) is 0 Å². The van der Waals surface area contributed by atoms with Gasteiger partial charge in [-0.05, 0) is 55.3 Å². The van der Waals surface area contributed by atoms with E-state index in [4.69, 9.17) is 0 Å². The van der Waals surface area contributed by atoms with Crippen LogP contribution in [-0.2, 0) is 10.0 Å². The largest absolute Gasteiger partial charge is 0.370 e. The number of benzene rings is 2. The molecule has 1 aliphatic rings. The Morgan fingerprint density at radius 1 is 1.21 bits per heavy atom. The summed E-state index contributed by atoms with van der Waals surface area (Å²) >= 11 is 0. The molecule has 0 N–H and O–H groups in total. The summed E-state index contributed by atoms with van der Waals surface area (Å²) in [6.07, 6.45) is 3.85. The van der Waals surface area contributed by atoms with E-state index >= 15 is 0 Å². The number of sulfonamides is 1. The predicted octanol–water partition coefficient (Wildman–Crippen LogP) is 2.94. The van der Waals surface area contributed by atoms with Crippen LogP contribution in [0.15, 0.2) is 42.6 Å². The highest BCUT2D eigenvalue weighted by molar-refractivity contribution is 7.88. The lowest BCUT2D eigenvalue weighted by Gasteiger charge is -2.24. The van der Waals surface area contributed by atoms with Crippen LogP contribution in [0, 0.1) is 12.7 Å². The molecule has 8 heteroatoms. The normalized spacial score (nSPS) is 17.8. The molecule has 0 saturated carbocycles. The van der Waals surface area contributed by atoms with Crippen molar-refractivity contribution in [3.8, 4) is 5.69 Å². The molecule has 6 nitrogen and oxygen atoms in total. The summed E-state index contributed by atoms with van der Waals surface area (Å²) in [5.41, 5.74) is 3.95. The maximum atomic E-state index is 13.2. The molecule has 1 aromatic heterocycles. The van der Waals surface area contributed by atoms with Gasteiger partial charge in [0.25, 0.3) is 0 Å². The lowest BCUT2D eigenvalue weighted by atomic mass is 10.1. The van der Waals surface area contributed by atoms with Crippen LogP contribution >= 0.6 is 0 Å². The third kappa shape index (κ3) is 3.38. The van der Waals surface area contributed by atoms with Crippen LogP contribution in [0.1, 0.15) is 12.0 Å². The van der Waals surface area contributed by atoms with Crippen molar-refractivity contribution in [3.05, 3.63) is 54.0 Å². The minimum atomic E-state index is -3.20. The third-order valence-corrected chi connectivity index (χ3v) is 6.84. The quantitative estimate of drug-likeness (QED) is 0.673. The number of halogens is 1. The number of likely N-dealkylation sites (N-methyl/N-ethyl adjacent to an activating group) is 1. The Kier molecular flexibility index (Phi) is 4.63. The molecule has 1 aliphatic heterocycles. The van der Waals surface area contributed by atoms with Gasteiger partial charge in [0, 0.05) is 37.3 Å². The lowest BCUT2D eigenvalue weighted by Crippen LogP contribution is -2.38. The van der Waals surface area contributed by atoms with E-state index in [1.807, 2.05) is 6.92 Å². The van der Waals surface area contributed by atoms with Gasteiger partial charge in [-0.2, -0.15) is 5.10 Å². The maximum absolute atomic E-state index is 13.2. The average Bonchev–Trinajstić information content (AvgIpc) is 3.27. The van der Waals surface area contributed by atoms with Crippen LogP contribution < -0.4 is 4.90 Å². The lowest BCUT2D eigenvalue weighted by molar-refractivity contribution is 0.393. The second-order valence-electron chi connectivity index (χ2n) is 7.40. The van der Waals surface area contributed by atoms with E-state index in [-0.39, 0.29) is 11.9 Å². The molecule has 1 unspecified atom stereocenters. The molecule has 148 valence electrons. The van der Waals surface area contributed by atoms with Gasteiger partial charge in [0.15, 0.2) is 0 Å². The first-order chi connectivity index (χ1) is 13.2. The Bertz CT molecular complexity index is 1130. The van der Waals surface area contributed by atoms with E-state index < -0.39 is 10.0 Å². The number of hydrogen-bond acceptors (Lipinski definition) is 4. The van der Waals surface area contributed by atoms with E-state index in [1.165, 1.54) is 22.7 Å². The van der Waals surface area contributed by atoms with Crippen molar-refractivity contribution in [1.29, 1.82) is 0 Å². The van der Waals surface area contributed by atoms with Gasteiger partial charge in [-0.15, -0.1) is 0 Å². The van der Waals surface area contributed by atoms with Crippen molar-refractivity contribution in [3.63, 3.8) is 0 Å². The number of aromatic nitrogens is 2. The minimum Gasteiger partial charge on any atom is -0.370 e. The highest BCUT2D eigenvalue weighted by Gasteiger charge is 2.31. The zero-order valence-electron chi connectivity index (χ0n) is 16.1. The van der Waals surface area contributed by atoms with Crippen molar-refractivity contribution < 1.29 is 12.8 Å². The molecule has 0 spiro atoms. The van der Waals surface area contributed by atoms with Crippen molar-refractivity contribution >= 4 is 26.6 Å². The van der Waals surface area contributed by atoms with Gasteiger partial charge < -0.3 is 4.90 Å². The molecule has 1 saturated heterocycles. The maximum Gasteiger partial charge on any atom is 0.211 e. The number of fused-ring (bicyclic) bond motifs is 1. The van der Waals surface area contributed by atoms with Crippen molar-refractivity contribution in [1.82, 2.24) is 14.1 Å². The second kappa shape index (κ2) is 6.86. The van der Waals surface area contributed by atoms with Crippen molar-refractivity contribution in [2.45, 2.75) is 19.4 Å². The van der Waals surface area contributed by atoms with E-state index in [9.17, 15) is 12.8 Å². The first-order valence-corrected chi connectivity index (χ1v) is 11.0. The zero-order chi connectivity index (χ0) is 20.1. The number of hydrogen-bond donors (Lipinski definition) is 0. The molecular weight excluding hydrogens is 379 g/mol. The summed E-state index contributed by atoms with van der Waals surface area (Å²) in [7, 11) is -1.56. The Labute approximate surface area is 164 Å². The Morgan fingerprint density at radius 2 is 1.93 bits per heavy atom. The van der Waals surface area contributed by atoms with Crippen LogP contribution in [-0.4, -0.2) is 54.9 Å². The fourth-order valence-corrected chi connectivity index (χ4v) is 4.54. The predicted molar refractivity (Wildman–Crippen MR) is 109 cm³/mol. The van der Waals surface area contributed by atoms with Crippen LogP contribution in [0.4, 0.5) is 10.1 Å². The highest BCUT2D eigenvalue weighted by Crippen LogP contribution is 2.31. The summed E-state index contributed by atoms with van der Waals surface area (Å²) in [5.74, 6) is -0.277. The van der Waals surface area contributed by atoms with Gasteiger partial charge in [0.05, 0.1) is 23.7 Å². The standard InChI is InChI=1S/C20H23FN4O2S/c1-14-10-20-15(12-22-25(20)17-6-4-16(21)5-7-17)11-19(14)24-9-8-18(13-24)23(2)28(3,26)27/h4-7,10-12,18H,8-9,13H2,1-3H3. The summed E-state index contributed by atoms with van der Waals surface area (Å²) in [5, 5.41) is 5.46. The van der Waals surface area contributed by atoms with Crippen LogP contribution in [0.5, 0.6) is 0 Å². The fourth-order valence-electron chi connectivity index (χ4n) is 3.82. The fraction of sp³-hybridized carbons (Fsp3) is 0.350. The Morgan fingerprint density at radius 3 is 2.61 bits per heavy atom. The van der Waals surface area contributed by atoms with Crippen LogP contribution in [0.2, 0.25) is 0 Å². The molecule has 0 bridgehead atoms. The topological polar surface area (TPSA) is 58.4 Å². The average molecular weight is 402 g/mol. The number of anilines is 1. The molecule has 4 rings (SSSR count). The molecule has 0 aliphatic carbocycles. The molecule has 2 aromatic carbocycles. The molecule has 0 radical (unpaired) electrons. The van der Waals surface area contributed by atoms with Gasteiger partial charge >= 0.3 is 0 Å². The van der Waals surface area contributed by atoms with E-state index in [2.05, 4.69) is 22.1 Å². The van der Waals surface area contributed by atoms with Crippen LogP contribution in [0.25, 0.3) is 16.6 Å². The molecule has 0 amide bonds. The second-order valence-corrected chi connectivity index (χ2v) is 9.44. The van der Waals surface area contributed by atoms with Gasteiger partial charge in [0.2, 0.25) is 10.0 Å². The minimum absolute atomic E-state index is 0.0213. The Balaban J connectivity index is 1.65. The van der Waals surface area contributed by atoms with Crippen molar-refractivity contribution in [2.75, 3.05) is 31.3 Å². The summed E-state index contributed by atoms with van der Waals surface area (Å²) in [4.78, 5) is 2.23. The number of nitrogens with zero attached hydrogens (tertiary/aromatic N) is 4. The molecule has 28 heavy (non-hydrogen) atoms. The molecular formula is C20H23FN4O2S. The number of aryl methyl sites for hydroxylation is 1. The van der Waals surface area contributed by atoms with E-state index in [0.29, 0.717) is 6.54 Å². The van der Waals surface area contributed by atoms with Gasteiger partial charge in [-0.1, -0.05) is 0 Å². The van der Waals surface area contributed by atoms with Gasteiger partial charge in [-0.3, -0.25) is 0 Å². The van der Waals surface area contributed by atoms with Crippen LogP contribution in [0.3, 0.4) is 0 Å². The third-order valence-electron chi connectivity index (χ3n) is 5.50. The SMILES string of the molecule is Cc1cc2c(cnn2-c2ccc(F)cc2)cc1N1CCC(N(C)S(C)(=O)=O)C1. The summed E-state index contributed by atoms with van der Waals surface area (Å²) in [6.45, 7) is 3.52. The first-order valence-electron chi connectivity index (χ1n) is 9.16. The highest BCUT2D eigenvalue weighted by atomic mass is 32.2. The molecule has 1 fully saturated rings. The number of rotatable bonds is 4. The molecule has 3 aromatic rings. The summed E-state index contributed by atoms with van der Waals surface area (Å²) in [6, 6.07) is 10.4. The monoisotopic (exact) mass is 402 g/mol.